The summed E-state index contributed by atoms with van der Waals surface area (Å²) >= 11 is 0. The number of rotatable bonds is 4. The van der Waals surface area contributed by atoms with E-state index in [1.807, 2.05) is 0 Å². The molecule has 2 aliphatic rings. The maximum absolute atomic E-state index is 13.5. The molecule has 0 aromatic rings. The van der Waals surface area contributed by atoms with E-state index in [2.05, 4.69) is 41.5 Å². The van der Waals surface area contributed by atoms with Crippen LogP contribution in [0.1, 0.15) is 80.1 Å². The molecule has 2 fully saturated rings. The first-order valence-electron chi connectivity index (χ1n) is 9.88. The van der Waals surface area contributed by atoms with Crippen molar-refractivity contribution in [1.29, 1.82) is 0 Å². The van der Waals surface area contributed by atoms with Crippen LogP contribution < -0.4 is 0 Å². The lowest BCUT2D eigenvalue weighted by molar-refractivity contribution is -0.136. The first-order valence-corrected chi connectivity index (χ1v) is 9.88. The summed E-state index contributed by atoms with van der Waals surface area (Å²) in [4.78, 5) is 13.5. The molecule has 6 atom stereocenters. The Morgan fingerprint density at radius 3 is 1.41 bits per heavy atom. The van der Waals surface area contributed by atoms with Crippen molar-refractivity contribution in [3.8, 4) is 0 Å². The van der Waals surface area contributed by atoms with Gasteiger partial charge in [-0.2, -0.15) is 0 Å². The quantitative estimate of drug-likeness (QED) is 0.625. The average molecular weight is 307 g/mol. The van der Waals surface area contributed by atoms with Gasteiger partial charge in [-0.25, -0.2) is 0 Å². The van der Waals surface area contributed by atoms with Crippen LogP contribution in [0.15, 0.2) is 0 Å². The third-order valence-electron chi connectivity index (χ3n) is 6.86. The summed E-state index contributed by atoms with van der Waals surface area (Å²) in [6.07, 6.45) is 7.47. The van der Waals surface area contributed by atoms with E-state index >= 15 is 0 Å². The van der Waals surface area contributed by atoms with Crippen molar-refractivity contribution >= 4 is 5.78 Å². The van der Waals surface area contributed by atoms with Crippen molar-refractivity contribution < 1.29 is 4.79 Å². The molecule has 0 saturated heterocycles. The van der Waals surface area contributed by atoms with E-state index in [0.29, 0.717) is 41.3 Å². The minimum absolute atomic E-state index is 0.347. The highest BCUT2D eigenvalue weighted by Gasteiger charge is 2.44. The van der Waals surface area contributed by atoms with Crippen LogP contribution in [0, 0.1) is 47.3 Å². The van der Waals surface area contributed by atoms with Gasteiger partial charge in [-0.15, -0.1) is 0 Å². The molecule has 0 spiro atoms. The van der Waals surface area contributed by atoms with Crippen molar-refractivity contribution in [2.45, 2.75) is 80.1 Å². The van der Waals surface area contributed by atoms with E-state index in [9.17, 15) is 4.79 Å². The zero-order valence-electron chi connectivity index (χ0n) is 15.8. The van der Waals surface area contributed by atoms with Crippen molar-refractivity contribution in [1.82, 2.24) is 0 Å². The minimum Gasteiger partial charge on any atom is -0.299 e. The molecule has 128 valence electrons. The Bertz CT molecular complexity index is 336. The molecule has 2 rings (SSSR count). The van der Waals surface area contributed by atoms with Crippen molar-refractivity contribution in [2.24, 2.45) is 47.3 Å². The average Bonchev–Trinajstić information content (AvgIpc) is 2.45. The van der Waals surface area contributed by atoms with Gasteiger partial charge in [-0.1, -0.05) is 67.2 Å². The van der Waals surface area contributed by atoms with Gasteiger partial charge in [-0.3, -0.25) is 4.79 Å². The Hall–Kier alpha value is -0.330. The number of ketones is 1. The Morgan fingerprint density at radius 2 is 1.09 bits per heavy atom. The molecule has 0 aromatic heterocycles. The van der Waals surface area contributed by atoms with Crippen LogP contribution in [0.5, 0.6) is 0 Å². The highest BCUT2D eigenvalue weighted by Crippen LogP contribution is 2.46. The van der Waals surface area contributed by atoms with Crippen LogP contribution in [-0.2, 0) is 4.79 Å². The second kappa shape index (κ2) is 7.49. The van der Waals surface area contributed by atoms with Crippen LogP contribution in [0.25, 0.3) is 0 Å². The molecule has 0 N–H and O–H groups in total. The van der Waals surface area contributed by atoms with Crippen LogP contribution >= 0.6 is 0 Å². The molecular formula is C21H38O. The Balaban J connectivity index is 2.20. The van der Waals surface area contributed by atoms with E-state index in [4.69, 9.17) is 0 Å². The number of carbonyl (C=O) groups is 1. The standard InChI is InChI=1S/C21H38O/c1-13(2)19-15(5)9-7-11-17(19)21(22)18-12-8-10-16(6)20(18)14(3)4/h13-20H,7-12H2,1-6H3. The summed E-state index contributed by atoms with van der Waals surface area (Å²) in [7, 11) is 0. The summed E-state index contributed by atoms with van der Waals surface area (Å²) in [6, 6.07) is 0. The highest BCUT2D eigenvalue weighted by molar-refractivity contribution is 5.84. The maximum Gasteiger partial charge on any atom is 0.139 e. The molecular weight excluding hydrogens is 268 g/mol. The van der Waals surface area contributed by atoms with Crippen LogP contribution in [0.4, 0.5) is 0 Å². The molecule has 0 radical (unpaired) electrons. The van der Waals surface area contributed by atoms with Gasteiger partial charge >= 0.3 is 0 Å². The van der Waals surface area contributed by atoms with Crippen LogP contribution in [0.2, 0.25) is 0 Å². The van der Waals surface area contributed by atoms with E-state index in [1.54, 1.807) is 0 Å². The van der Waals surface area contributed by atoms with E-state index in [1.165, 1.54) is 25.7 Å². The summed E-state index contributed by atoms with van der Waals surface area (Å²) < 4.78 is 0. The molecule has 2 aliphatic carbocycles. The SMILES string of the molecule is CC(C)C1C(C)CCCC1C(=O)C1CCCC(C)C1C(C)C. The van der Waals surface area contributed by atoms with Crippen LogP contribution in [0.3, 0.4) is 0 Å². The molecule has 2 saturated carbocycles. The van der Waals surface area contributed by atoms with Gasteiger partial charge in [0.05, 0.1) is 0 Å². The van der Waals surface area contributed by atoms with Gasteiger partial charge < -0.3 is 0 Å². The molecule has 1 heteroatoms. The molecule has 6 unspecified atom stereocenters. The van der Waals surface area contributed by atoms with Gasteiger partial charge in [-0.05, 0) is 48.3 Å². The lowest BCUT2D eigenvalue weighted by atomic mass is 9.60. The Morgan fingerprint density at radius 1 is 0.727 bits per heavy atom. The monoisotopic (exact) mass is 306 g/mol. The lowest BCUT2D eigenvalue weighted by Gasteiger charge is -2.44. The smallest absolute Gasteiger partial charge is 0.139 e. The van der Waals surface area contributed by atoms with Crippen molar-refractivity contribution in [3.63, 3.8) is 0 Å². The predicted octanol–water partition coefficient (Wildman–Crippen LogP) is 5.97. The van der Waals surface area contributed by atoms with Crippen molar-refractivity contribution in [3.05, 3.63) is 0 Å². The van der Waals surface area contributed by atoms with Gasteiger partial charge in [0, 0.05) is 11.8 Å². The fourth-order valence-corrected chi connectivity index (χ4v) is 6.06. The molecule has 0 aromatic carbocycles. The first kappa shape index (κ1) is 18.0. The second-order valence-corrected chi connectivity index (χ2v) is 9.07. The molecule has 1 nitrogen and oxygen atoms in total. The minimum atomic E-state index is 0.347. The van der Waals surface area contributed by atoms with E-state index < -0.39 is 0 Å². The summed E-state index contributed by atoms with van der Waals surface area (Å²) in [5.74, 6) is 5.31. The maximum atomic E-state index is 13.5. The number of carbonyl (C=O) groups excluding carboxylic acids is 1. The Kier molecular flexibility index (Phi) is 6.14. The van der Waals surface area contributed by atoms with Gasteiger partial charge in [0.2, 0.25) is 0 Å². The zero-order valence-corrected chi connectivity index (χ0v) is 15.8. The predicted molar refractivity (Wildman–Crippen MR) is 94.7 cm³/mol. The van der Waals surface area contributed by atoms with E-state index in [-0.39, 0.29) is 0 Å². The van der Waals surface area contributed by atoms with Gasteiger partial charge in [0.15, 0.2) is 0 Å². The highest BCUT2D eigenvalue weighted by atomic mass is 16.1. The van der Waals surface area contributed by atoms with E-state index in [0.717, 1.165) is 24.7 Å². The Labute approximate surface area is 138 Å². The topological polar surface area (TPSA) is 17.1 Å². The van der Waals surface area contributed by atoms with Crippen molar-refractivity contribution in [2.75, 3.05) is 0 Å². The zero-order chi connectivity index (χ0) is 16.4. The van der Waals surface area contributed by atoms with Crippen LogP contribution in [-0.4, -0.2) is 5.78 Å². The molecule has 0 bridgehead atoms. The second-order valence-electron chi connectivity index (χ2n) is 9.07. The largest absolute Gasteiger partial charge is 0.299 e. The normalized spacial score (nSPS) is 40.2. The molecule has 0 heterocycles. The first-order chi connectivity index (χ1) is 10.3. The summed E-state index contributed by atoms with van der Waals surface area (Å²) in [5.41, 5.74) is 0. The third-order valence-corrected chi connectivity index (χ3v) is 6.86. The number of hydrogen-bond donors (Lipinski definition) is 0. The molecule has 0 amide bonds. The number of hydrogen-bond acceptors (Lipinski definition) is 1. The lowest BCUT2D eigenvalue weighted by Crippen LogP contribution is -2.43. The summed E-state index contributed by atoms with van der Waals surface area (Å²) in [5, 5.41) is 0. The fraction of sp³-hybridized carbons (Fsp3) is 0.952. The van der Waals surface area contributed by atoms with Gasteiger partial charge in [0.25, 0.3) is 0 Å². The third kappa shape index (κ3) is 3.60. The number of Topliss-reactive ketones (excluding diaryl/α,β-unsaturated/α-hetero) is 1. The van der Waals surface area contributed by atoms with Gasteiger partial charge in [0.1, 0.15) is 5.78 Å². The fourth-order valence-electron chi connectivity index (χ4n) is 6.06. The molecule has 22 heavy (non-hydrogen) atoms. The molecule has 0 aliphatic heterocycles. The summed E-state index contributed by atoms with van der Waals surface area (Å²) in [6.45, 7) is 14.1.